The van der Waals surface area contributed by atoms with Gasteiger partial charge in [0.2, 0.25) is 0 Å². The molecule has 0 aromatic heterocycles. The summed E-state index contributed by atoms with van der Waals surface area (Å²) in [7, 11) is 0. The first-order valence-electron chi connectivity index (χ1n) is 3.63. The summed E-state index contributed by atoms with van der Waals surface area (Å²) in [6.07, 6.45) is 0. The van der Waals surface area contributed by atoms with E-state index in [0.29, 0.717) is 0 Å². The fourth-order valence-electron chi connectivity index (χ4n) is 0.969. The van der Waals surface area contributed by atoms with Crippen LogP contribution >= 0.6 is 0 Å². The summed E-state index contributed by atoms with van der Waals surface area (Å²) in [5.74, 6) is -0.628. The number of halogens is 2. The van der Waals surface area contributed by atoms with Gasteiger partial charge in [0.1, 0.15) is 5.82 Å². The zero-order chi connectivity index (χ0) is 9.19. The van der Waals surface area contributed by atoms with Gasteiger partial charge in [0.25, 0.3) is 0 Å². The molecule has 1 aromatic rings. The highest BCUT2D eigenvalue weighted by Gasteiger charge is 2.27. The molecule has 0 aliphatic heterocycles. The van der Waals surface area contributed by atoms with E-state index in [-0.39, 0.29) is 5.56 Å². The van der Waals surface area contributed by atoms with Crippen LogP contribution in [0, 0.1) is 5.82 Å². The van der Waals surface area contributed by atoms with Gasteiger partial charge >= 0.3 is 0 Å². The minimum Gasteiger partial charge on any atom is -0.393 e. The fourth-order valence-corrected chi connectivity index (χ4v) is 0.969. The highest BCUT2D eigenvalue weighted by atomic mass is 19.1. The van der Waals surface area contributed by atoms with Crippen LogP contribution in [0.5, 0.6) is 0 Å². The van der Waals surface area contributed by atoms with Gasteiger partial charge in [-0.3, -0.25) is 0 Å². The average molecular weight is 172 g/mol. The van der Waals surface area contributed by atoms with Crippen LogP contribution in [0.3, 0.4) is 0 Å². The molecule has 0 aliphatic carbocycles. The van der Waals surface area contributed by atoms with Crippen LogP contribution in [-0.2, 0) is 5.67 Å². The molecule has 1 nitrogen and oxygen atoms in total. The van der Waals surface area contributed by atoms with E-state index >= 15 is 0 Å². The lowest BCUT2D eigenvalue weighted by atomic mass is 9.98. The molecule has 0 radical (unpaired) electrons. The molecule has 0 saturated carbocycles. The molecule has 1 N–H and O–H groups in total. The van der Waals surface area contributed by atoms with Gasteiger partial charge in [-0.25, -0.2) is 8.78 Å². The van der Waals surface area contributed by atoms with E-state index in [4.69, 9.17) is 5.11 Å². The fraction of sp³-hybridized carbons (Fsp3) is 0.333. The van der Waals surface area contributed by atoms with Crippen molar-refractivity contribution < 1.29 is 13.9 Å². The monoisotopic (exact) mass is 172 g/mol. The van der Waals surface area contributed by atoms with E-state index < -0.39 is 18.1 Å². The molecule has 0 spiro atoms. The molecule has 0 bridgehead atoms. The van der Waals surface area contributed by atoms with Gasteiger partial charge in [0, 0.05) is 5.56 Å². The Kier molecular flexibility index (Phi) is 2.43. The Bertz CT molecular complexity index is 271. The van der Waals surface area contributed by atoms with Crippen LogP contribution in [0.2, 0.25) is 0 Å². The van der Waals surface area contributed by atoms with E-state index in [1.165, 1.54) is 24.3 Å². The van der Waals surface area contributed by atoms with Crippen molar-refractivity contribution in [3.8, 4) is 0 Å². The standard InChI is InChI=1S/C9H10F2O/c1-9(11,6-12)7-4-2-3-5-8(7)10/h2-5,12H,6H2,1H3. The summed E-state index contributed by atoms with van der Waals surface area (Å²) in [4.78, 5) is 0. The third-order valence-corrected chi connectivity index (χ3v) is 1.73. The first-order chi connectivity index (χ1) is 5.58. The molecular formula is C9H10F2O. The maximum atomic E-state index is 13.3. The first kappa shape index (κ1) is 9.13. The SMILES string of the molecule is CC(F)(CO)c1ccccc1F. The number of hydrogen-bond donors (Lipinski definition) is 1. The van der Waals surface area contributed by atoms with E-state index in [9.17, 15) is 8.78 Å². The number of hydrogen-bond acceptors (Lipinski definition) is 1. The molecule has 0 fully saturated rings. The van der Waals surface area contributed by atoms with Crippen molar-refractivity contribution in [2.75, 3.05) is 6.61 Å². The molecule has 1 atom stereocenters. The molecule has 0 saturated heterocycles. The number of rotatable bonds is 2. The summed E-state index contributed by atoms with van der Waals surface area (Å²) in [6.45, 7) is 0.430. The van der Waals surface area contributed by atoms with Gasteiger partial charge in [-0.05, 0) is 13.0 Å². The number of alkyl halides is 1. The summed E-state index contributed by atoms with van der Waals surface area (Å²) in [6, 6.07) is 5.51. The third kappa shape index (κ3) is 1.61. The van der Waals surface area contributed by atoms with Gasteiger partial charge in [-0.1, -0.05) is 18.2 Å². The van der Waals surface area contributed by atoms with Crippen molar-refractivity contribution in [2.45, 2.75) is 12.6 Å². The van der Waals surface area contributed by atoms with Gasteiger partial charge in [0.05, 0.1) is 6.61 Å². The molecule has 12 heavy (non-hydrogen) atoms. The zero-order valence-electron chi connectivity index (χ0n) is 6.72. The van der Waals surface area contributed by atoms with Crippen LogP contribution in [0.1, 0.15) is 12.5 Å². The normalized spacial score (nSPS) is 15.7. The minimum absolute atomic E-state index is 0.104. The highest BCUT2D eigenvalue weighted by molar-refractivity contribution is 5.23. The van der Waals surface area contributed by atoms with Gasteiger partial charge in [-0.2, -0.15) is 0 Å². The molecular weight excluding hydrogens is 162 g/mol. The average Bonchev–Trinajstić information content (AvgIpc) is 2.05. The molecule has 0 heterocycles. The Hall–Kier alpha value is -0.960. The Labute approximate surface area is 69.7 Å². The predicted molar refractivity (Wildman–Crippen MR) is 41.9 cm³/mol. The van der Waals surface area contributed by atoms with Crippen LogP contribution in [0.4, 0.5) is 8.78 Å². The van der Waals surface area contributed by atoms with Crippen LogP contribution in [-0.4, -0.2) is 11.7 Å². The maximum Gasteiger partial charge on any atom is 0.158 e. The van der Waals surface area contributed by atoms with E-state index in [2.05, 4.69) is 0 Å². The van der Waals surface area contributed by atoms with Gasteiger partial charge < -0.3 is 5.11 Å². The second kappa shape index (κ2) is 3.19. The van der Waals surface area contributed by atoms with E-state index in [1.807, 2.05) is 0 Å². The topological polar surface area (TPSA) is 20.2 Å². The van der Waals surface area contributed by atoms with Gasteiger partial charge in [0.15, 0.2) is 5.67 Å². The smallest absolute Gasteiger partial charge is 0.158 e. The van der Waals surface area contributed by atoms with Crippen molar-refractivity contribution >= 4 is 0 Å². The third-order valence-electron chi connectivity index (χ3n) is 1.73. The van der Waals surface area contributed by atoms with Crippen molar-refractivity contribution in [3.63, 3.8) is 0 Å². The molecule has 1 aromatic carbocycles. The first-order valence-corrected chi connectivity index (χ1v) is 3.63. The van der Waals surface area contributed by atoms with E-state index in [1.54, 1.807) is 0 Å². The second-order valence-electron chi connectivity index (χ2n) is 2.84. The van der Waals surface area contributed by atoms with Crippen LogP contribution < -0.4 is 0 Å². The molecule has 3 heteroatoms. The summed E-state index contributed by atoms with van der Waals surface area (Å²) in [5, 5.41) is 8.63. The van der Waals surface area contributed by atoms with Crippen molar-refractivity contribution in [2.24, 2.45) is 0 Å². The Balaban J connectivity index is 3.10. The number of aliphatic hydroxyl groups is 1. The zero-order valence-corrected chi connectivity index (χ0v) is 6.72. The Morgan fingerprint density at radius 1 is 1.42 bits per heavy atom. The minimum atomic E-state index is -1.99. The summed E-state index contributed by atoms with van der Waals surface area (Å²) < 4.78 is 26.2. The lowest BCUT2D eigenvalue weighted by molar-refractivity contribution is 0.0832. The van der Waals surface area contributed by atoms with Crippen LogP contribution in [0.25, 0.3) is 0 Å². The highest BCUT2D eigenvalue weighted by Crippen LogP contribution is 2.26. The quantitative estimate of drug-likeness (QED) is 0.723. The second-order valence-corrected chi connectivity index (χ2v) is 2.84. The Morgan fingerprint density at radius 2 is 2.00 bits per heavy atom. The lowest BCUT2D eigenvalue weighted by Crippen LogP contribution is -2.21. The molecule has 0 aliphatic rings. The molecule has 1 rings (SSSR count). The number of benzene rings is 1. The summed E-state index contributed by atoms with van der Waals surface area (Å²) in [5.41, 5.74) is -2.10. The van der Waals surface area contributed by atoms with Crippen LogP contribution in [0.15, 0.2) is 24.3 Å². The summed E-state index contributed by atoms with van der Waals surface area (Å²) >= 11 is 0. The molecule has 1 unspecified atom stereocenters. The lowest BCUT2D eigenvalue weighted by Gasteiger charge is -2.17. The number of aliphatic hydroxyl groups excluding tert-OH is 1. The van der Waals surface area contributed by atoms with Crippen molar-refractivity contribution in [1.82, 2.24) is 0 Å². The van der Waals surface area contributed by atoms with E-state index in [0.717, 1.165) is 6.92 Å². The maximum absolute atomic E-state index is 13.3. The van der Waals surface area contributed by atoms with Crippen molar-refractivity contribution in [3.05, 3.63) is 35.6 Å². The molecule has 0 amide bonds. The molecule has 66 valence electrons. The Morgan fingerprint density at radius 3 is 2.50 bits per heavy atom. The van der Waals surface area contributed by atoms with Crippen molar-refractivity contribution in [1.29, 1.82) is 0 Å². The van der Waals surface area contributed by atoms with Gasteiger partial charge in [-0.15, -0.1) is 0 Å². The predicted octanol–water partition coefficient (Wildman–Crippen LogP) is 2.00. The largest absolute Gasteiger partial charge is 0.393 e.